The highest BCUT2D eigenvalue weighted by Crippen LogP contribution is 2.24. The fraction of sp³-hybridized carbons (Fsp3) is 0.300. The molecule has 0 saturated heterocycles. The molecule has 0 bridgehead atoms. The molecule has 0 radical (unpaired) electrons. The van der Waals surface area contributed by atoms with Gasteiger partial charge in [0.1, 0.15) is 0 Å². The first kappa shape index (κ1) is 23.0. The highest BCUT2D eigenvalue weighted by Gasteiger charge is 2.20. The Labute approximate surface area is 171 Å². The maximum atomic E-state index is 12.4. The Bertz CT molecular complexity index is 754. The van der Waals surface area contributed by atoms with Crippen molar-refractivity contribution in [3.63, 3.8) is 0 Å². The van der Waals surface area contributed by atoms with E-state index in [4.69, 9.17) is 17.3 Å². The van der Waals surface area contributed by atoms with Gasteiger partial charge < -0.3 is 16.4 Å². The third-order valence-corrected chi connectivity index (χ3v) is 4.30. The first-order chi connectivity index (χ1) is 12.4. The molecule has 0 aliphatic heterocycles. The average molecular weight is 410 g/mol. The predicted molar refractivity (Wildman–Crippen MR) is 111 cm³/mol. The van der Waals surface area contributed by atoms with Crippen molar-refractivity contribution < 1.29 is 9.59 Å². The van der Waals surface area contributed by atoms with E-state index in [-0.39, 0.29) is 42.7 Å². The maximum Gasteiger partial charge on any atom is 0.240 e. The molecule has 2 aromatic carbocycles. The molecule has 5 nitrogen and oxygen atoms in total. The molecule has 2 atom stereocenters. The summed E-state index contributed by atoms with van der Waals surface area (Å²) >= 11 is 6.10. The number of amides is 2. The summed E-state index contributed by atoms with van der Waals surface area (Å²) in [5, 5.41) is 6.12. The van der Waals surface area contributed by atoms with Gasteiger partial charge in [-0.3, -0.25) is 9.59 Å². The number of halogens is 2. The molecule has 0 aliphatic carbocycles. The lowest BCUT2D eigenvalue weighted by molar-refractivity contribution is -0.127. The van der Waals surface area contributed by atoms with Crippen LogP contribution in [0.2, 0.25) is 5.02 Å². The second-order valence-corrected chi connectivity index (χ2v) is 6.89. The first-order valence-electron chi connectivity index (χ1n) is 8.51. The van der Waals surface area contributed by atoms with Crippen LogP contribution in [0.15, 0.2) is 54.6 Å². The molecule has 0 saturated carbocycles. The third-order valence-electron chi connectivity index (χ3n) is 4.06. The standard InChI is InChI=1S/C20H24ClN3O2.ClH/c1-13(2)18(22)20(26)23-12-17(25)24-19(14-7-4-3-5-8-14)15-9-6-10-16(21)11-15;/h3-11,13,18-19H,12,22H2,1-2H3,(H,23,26)(H,24,25);1H/t18-,19?;/m0./s1. The molecular formula is C20H25Cl2N3O2. The number of hydrogen-bond acceptors (Lipinski definition) is 3. The maximum absolute atomic E-state index is 12.4. The highest BCUT2D eigenvalue weighted by atomic mass is 35.5. The summed E-state index contributed by atoms with van der Waals surface area (Å²) in [7, 11) is 0. The van der Waals surface area contributed by atoms with E-state index in [9.17, 15) is 9.59 Å². The molecular weight excluding hydrogens is 385 g/mol. The summed E-state index contributed by atoms with van der Waals surface area (Å²) in [5.41, 5.74) is 7.58. The molecule has 0 aromatic heterocycles. The second kappa shape index (κ2) is 10.9. The molecule has 0 aliphatic rings. The number of rotatable bonds is 7. The lowest BCUT2D eigenvalue weighted by atomic mass is 9.98. The topological polar surface area (TPSA) is 84.2 Å². The number of carbonyl (C=O) groups excluding carboxylic acids is 2. The molecule has 4 N–H and O–H groups in total. The van der Waals surface area contributed by atoms with Crippen LogP contribution in [0.25, 0.3) is 0 Å². The van der Waals surface area contributed by atoms with Crippen molar-refractivity contribution in [1.29, 1.82) is 0 Å². The minimum Gasteiger partial charge on any atom is -0.346 e. The van der Waals surface area contributed by atoms with E-state index < -0.39 is 6.04 Å². The predicted octanol–water partition coefficient (Wildman–Crippen LogP) is 3.07. The van der Waals surface area contributed by atoms with Crippen LogP contribution in [0.4, 0.5) is 0 Å². The SMILES string of the molecule is CC(C)[C@H](N)C(=O)NCC(=O)NC(c1ccccc1)c1cccc(Cl)c1.Cl. The van der Waals surface area contributed by atoms with Crippen LogP contribution in [0.1, 0.15) is 31.0 Å². The number of benzene rings is 2. The summed E-state index contributed by atoms with van der Waals surface area (Å²) in [6.07, 6.45) is 0. The Hall–Kier alpha value is -2.08. The molecule has 2 aromatic rings. The van der Waals surface area contributed by atoms with Crippen molar-refractivity contribution in [2.24, 2.45) is 11.7 Å². The second-order valence-electron chi connectivity index (χ2n) is 6.45. The molecule has 2 amide bonds. The number of carbonyl (C=O) groups is 2. The molecule has 2 rings (SSSR count). The van der Waals surface area contributed by atoms with E-state index in [0.29, 0.717) is 5.02 Å². The summed E-state index contributed by atoms with van der Waals surface area (Å²) in [6.45, 7) is 3.58. The largest absolute Gasteiger partial charge is 0.346 e. The van der Waals surface area contributed by atoms with Crippen LogP contribution in [0.3, 0.4) is 0 Å². The number of nitrogens with one attached hydrogen (secondary N) is 2. The van der Waals surface area contributed by atoms with E-state index in [2.05, 4.69) is 10.6 Å². The molecule has 27 heavy (non-hydrogen) atoms. The first-order valence-corrected chi connectivity index (χ1v) is 8.89. The van der Waals surface area contributed by atoms with Gasteiger partial charge in [0, 0.05) is 5.02 Å². The Kier molecular flexibility index (Phi) is 9.29. The van der Waals surface area contributed by atoms with Crippen molar-refractivity contribution in [2.75, 3.05) is 6.54 Å². The van der Waals surface area contributed by atoms with Crippen molar-refractivity contribution in [1.82, 2.24) is 10.6 Å². The smallest absolute Gasteiger partial charge is 0.240 e. The van der Waals surface area contributed by atoms with E-state index >= 15 is 0 Å². The molecule has 0 heterocycles. The van der Waals surface area contributed by atoms with Gasteiger partial charge in [-0.25, -0.2) is 0 Å². The fourth-order valence-electron chi connectivity index (χ4n) is 2.49. The highest BCUT2D eigenvalue weighted by molar-refractivity contribution is 6.30. The lowest BCUT2D eigenvalue weighted by Gasteiger charge is -2.21. The van der Waals surface area contributed by atoms with Crippen molar-refractivity contribution in [3.05, 3.63) is 70.7 Å². The van der Waals surface area contributed by atoms with Gasteiger partial charge in [0.15, 0.2) is 0 Å². The zero-order valence-corrected chi connectivity index (χ0v) is 16.9. The average Bonchev–Trinajstić information content (AvgIpc) is 2.64. The van der Waals surface area contributed by atoms with E-state index in [1.165, 1.54) is 0 Å². The van der Waals surface area contributed by atoms with Crippen LogP contribution >= 0.6 is 24.0 Å². The van der Waals surface area contributed by atoms with E-state index in [1.54, 1.807) is 6.07 Å². The quantitative estimate of drug-likeness (QED) is 0.656. The van der Waals surface area contributed by atoms with Gasteiger partial charge in [0.05, 0.1) is 18.6 Å². The number of hydrogen-bond donors (Lipinski definition) is 3. The van der Waals surface area contributed by atoms with Crippen LogP contribution in [0, 0.1) is 5.92 Å². The van der Waals surface area contributed by atoms with Crippen molar-refractivity contribution >= 4 is 35.8 Å². The normalized spacial score (nSPS) is 12.6. The summed E-state index contributed by atoms with van der Waals surface area (Å²) < 4.78 is 0. The van der Waals surface area contributed by atoms with Gasteiger partial charge in [-0.05, 0) is 29.2 Å². The third kappa shape index (κ3) is 6.86. The number of nitrogens with two attached hydrogens (primary N) is 1. The molecule has 0 spiro atoms. The van der Waals surface area contributed by atoms with Gasteiger partial charge in [-0.15, -0.1) is 12.4 Å². The van der Waals surface area contributed by atoms with E-state index in [1.807, 2.05) is 62.4 Å². The van der Waals surface area contributed by atoms with Crippen LogP contribution in [-0.4, -0.2) is 24.4 Å². The minimum absolute atomic E-state index is 0. The summed E-state index contributed by atoms with van der Waals surface area (Å²) in [6, 6.07) is 15.9. The molecule has 7 heteroatoms. The van der Waals surface area contributed by atoms with Crippen LogP contribution in [-0.2, 0) is 9.59 Å². The fourth-order valence-corrected chi connectivity index (χ4v) is 2.69. The van der Waals surface area contributed by atoms with Crippen LogP contribution in [0.5, 0.6) is 0 Å². The van der Waals surface area contributed by atoms with Crippen molar-refractivity contribution in [3.8, 4) is 0 Å². The summed E-state index contributed by atoms with van der Waals surface area (Å²) in [5.74, 6) is -0.640. The van der Waals surface area contributed by atoms with Crippen LogP contribution < -0.4 is 16.4 Å². The zero-order valence-electron chi connectivity index (χ0n) is 15.3. The minimum atomic E-state index is -0.638. The Morgan fingerprint density at radius 2 is 1.67 bits per heavy atom. The Morgan fingerprint density at radius 3 is 2.26 bits per heavy atom. The van der Waals surface area contributed by atoms with Gasteiger partial charge >= 0.3 is 0 Å². The molecule has 146 valence electrons. The van der Waals surface area contributed by atoms with E-state index in [0.717, 1.165) is 11.1 Å². The van der Waals surface area contributed by atoms with Gasteiger partial charge in [-0.2, -0.15) is 0 Å². The molecule has 1 unspecified atom stereocenters. The Morgan fingerprint density at radius 1 is 1.04 bits per heavy atom. The van der Waals surface area contributed by atoms with Gasteiger partial charge in [0.2, 0.25) is 11.8 Å². The van der Waals surface area contributed by atoms with Gasteiger partial charge in [0.25, 0.3) is 0 Å². The monoisotopic (exact) mass is 409 g/mol. The lowest BCUT2D eigenvalue weighted by Crippen LogP contribution is -2.47. The zero-order chi connectivity index (χ0) is 19.1. The Balaban J connectivity index is 0.00000364. The van der Waals surface area contributed by atoms with Gasteiger partial charge in [-0.1, -0.05) is 67.9 Å². The van der Waals surface area contributed by atoms with Crippen molar-refractivity contribution in [2.45, 2.75) is 25.9 Å². The summed E-state index contributed by atoms with van der Waals surface area (Å²) in [4.78, 5) is 24.3. The molecule has 0 fully saturated rings.